The molecule has 3 heteroatoms. The minimum absolute atomic E-state index is 0.237. The minimum Gasteiger partial charge on any atom is -0.493 e. The number of hydrogen-bond acceptors (Lipinski definition) is 2. The molecule has 0 aliphatic carbocycles. The molecule has 0 aliphatic heterocycles. The predicted octanol–water partition coefficient (Wildman–Crippen LogP) is 4.52. The maximum Gasteiger partial charge on any atom is 0.218 e. The molecule has 0 unspecified atom stereocenters. The van der Waals surface area contributed by atoms with E-state index in [2.05, 4.69) is 70.9 Å². The van der Waals surface area contributed by atoms with Gasteiger partial charge in [0.1, 0.15) is 0 Å². The van der Waals surface area contributed by atoms with Crippen molar-refractivity contribution < 1.29 is 5.11 Å². The lowest BCUT2D eigenvalue weighted by atomic mass is 9.99. The zero-order valence-electron chi connectivity index (χ0n) is 13.9. The van der Waals surface area contributed by atoms with Gasteiger partial charge in [-0.25, -0.2) is 4.68 Å². The van der Waals surface area contributed by atoms with E-state index < -0.39 is 0 Å². The van der Waals surface area contributed by atoms with Crippen LogP contribution in [0.25, 0.3) is 11.1 Å². The molecule has 114 valence electrons. The Labute approximate surface area is 127 Å². The topological polar surface area (TPSA) is 38.0 Å². The van der Waals surface area contributed by atoms with E-state index in [1.54, 1.807) is 4.68 Å². The van der Waals surface area contributed by atoms with Gasteiger partial charge >= 0.3 is 0 Å². The highest BCUT2D eigenvalue weighted by Crippen LogP contribution is 2.37. The number of benzene rings is 1. The van der Waals surface area contributed by atoms with Crippen LogP contribution in [0, 0.1) is 12.8 Å². The van der Waals surface area contributed by atoms with E-state index in [0.717, 1.165) is 23.2 Å². The summed E-state index contributed by atoms with van der Waals surface area (Å²) in [6, 6.07) is 8.26. The van der Waals surface area contributed by atoms with Crippen LogP contribution < -0.4 is 0 Å². The fourth-order valence-electron chi connectivity index (χ4n) is 2.47. The first-order valence-electron chi connectivity index (χ1n) is 7.58. The quantitative estimate of drug-likeness (QED) is 0.901. The summed E-state index contributed by atoms with van der Waals surface area (Å²) in [5, 5.41) is 15.4. The number of rotatable bonds is 3. The summed E-state index contributed by atoms with van der Waals surface area (Å²) in [6.07, 6.45) is 0.861. The first-order valence-corrected chi connectivity index (χ1v) is 7.58. The first-order chi connectivity index (χ1) is 9.70. The van der Waals surface area contributed by atoms with Gasteiger partial charge in [-0.3, -0.25) is 0 Å². The average molecular weight is 286 g/mol. The largest absolute Gasteiger partial charge is 0.493 e. The van der Waals surface area contributed by atoms with E-state index in [4.69, 9.17) is 0 Å². The number of nitrogens with zero attached hydrogens (tertiary/aromatic N) is 2. The van der Waals surface area contributed by atoms with E-state index in [0.29, 0.717) is 5.92 Å². The van der Waals surface area contributed by atoms with Gasteiger partial charge in [-0.05, 0) is 45.6 Å². The van der Waals surface area contributed by atoms with Crippen LogP contribution >= 0.6 is 0 Å². The Balaban J connectivity index is 2.61. The molecule has 0 bridgehead atoms. The average Bonchev–Trinajstić information content (AvgIpc) is 2.67. The highest BCUT2D eigenvalue weighted by molar-refractivity contribution is 5.71. The molecule has 1 aromatic heterocycles. The smallest absolute Gasteiger partial charge is 0.218 e. The van der Waals surface area contributed by atoms with Crippen molar-refractivity contribution in [1.82, 2.24) is 9.78 Å². The van der Waals surface area contributed by atoms with Gasteiger partial charge in [0.15, 0.2) is 0 Å². The van der Waals surface area contributed by atoms with Crippen molar-refractivity contribution in [2.24, 2.45) is 5.92 Å². The monoisotopic (exact) mass is 286 g/mol. The van der Waals surface area contributed by atoms with Gasteiger partial charge in [0.2, 0.25) is 5.88 Å². The van der Waals surface area contributed by atoms with Crippen molar-refractivity contribution in [3.63, 3.8) is 0 Å². The summed E-state index contributed by atoms with van der Waals surface area (Å²) in [5.41, 5.74) is 3.86. The van der Waals surface area contributed by atoms with Crippen LogP contribution in [0.1, 0.15) is 45.9 Å². The molecule has 2 rings (SSSR count). The van der Waals surface area contributed by atoms with Crippen LogP contribution in [0.4, 0.5) is 0 Å². The van der Waals surface area contributed by atoms with E-state index in [9.17, 15) is 5.11 Å². The van der Waals surface area contributed by atoms with Crippen molar-refractivity contribution in [3.8, 4) is 17.0 Å². The van der Waals surface area contributed by atoms with E-state index >= 15 is 0 Å². The fourth-order valence-corrected chi connectivity index (χ4v) is 2.47. The number of aryl methyl sites for hydroxylation is 1. The third kappa shape index (κ3) is 3.29. The highest BCUT2D eigenvalue weighted by Gasteiger charge is 2.25. The summed E-state index contributed by atoms with van der Waals surface area (Å²) in [6.45, 7) is 12.6. The molecule has 21 heavy (non-hydrogen) atoms. The van der Waals surface area contributed by atoms with Gasteiger partial charge in [0.25, 0.3) is 0 Å². The molecule has 2 aromatic rings. The Bertz CT molecular complexity index is 616. The Morgan fingerprint density at radius 3 is 2.19 bits per heavy atom. The molecule has 1 N–H and O–H groups in total. The predicted molar refractivity (Wildman–Crippen MR) is 87.6 cm³/mol. The van der Waals surface area contributed by atoms with Crippen molar-refractivity contribution in [3.05, 3.63) is 35.5 Å². The molecule has 0 spiro atoms. The first kappa shape index (κ1) is 15.6. The molecular weight excluding hydrogens is 260 g/mol. The van der Waals surface area contributed by atoms with Crippen LogP contribution in [0.2, 0.25) is 0 Å². The number of hydrogen-bond donors (Lipinski definition) is 1. The summed E-state index contributed by atoms with van der Waals surface area (Å²) in [5.74, 6) is 0.763. The second-order valence-electron chi connectivity index (χ2n) is 7.19. The molecule has 0 aliphatic rings. The fraction of sp³-hybridized carbons (Fsp3) is 0.500. The molecule has 0 saturated carbocycles. The molecular formula is C18H26N2O. The van der Waals surface area contributed by atoms with Crippen LogP contribution in [-0.2, 0) is 12.0 Å². The lowest BCUT2D eigenvalue weighted by molar-refractivity contribution is 0.294. The SMILES string of the molecule is Cc1ccc(-c2c(CC(C)C)nn(C(C)(C)C)c2O)cc1. The normalized spacial score (nSPS) is 12.1. The minimum atomic E-state index is -0.237. The third-order valence-electron chi connectivity index (χ3n) is 3.51. The Hall–Kier alpha value is -1.77. The van der Waals surface area contributed by atoms with Crippen molar-refractivity contribution in [1.29, 1.82) is 0 Å². The van der Waals surface area contributed by atoms with Gasteiger partial charge in [-0.15, -0.1) is 0 Å². The molecule has 0 saturated heterocycles. The van der Waals surface area contributed by atoms with Crippen LogP contribution in [-0.4, -0.2) is 14.9 Å². The highest BCUT2D eigenvalue weighted by atomic mass is 16.3. The zero-order valence-corrected chi connectivity index (χ0v) is 13.9. The second-order valence-corrected chi connectivity index (χ2v) is 7.19. The second kappa shape index (κ2) is 5.55. The maximum absolute atomic E-state index is 10.7. The van der Waals surface area contributed by atoms with Crippen LogP contribution in [0.3, 0.4) is 0 Å². The molecule has 0 atom stereocenters. The van der Waals surface area contributed by atoms with Gasteiger partial charge in [-0.2, -0.15) is 5.10 Å². The molecule has 3 nitrogen and oxygen atoms in total. The third-order valence-corrected chi connectivity index (χ3v) is 3.51. The standard InChI is InChI=1S/C18H26N2O/c1-12(2)11-15-16(14-9-7-13(3)8-10-14)17(21)20(19-15)18(4,5)6/h7-10,12,21H,11H2,1-6H3. The summed E-state index contributed by atoms with van der Waals surface area (Å²) < 4.78 is 1.74. The summed E-state index contributed by atoms with van der Waals surface area (Å²) >= 11 is 0. The van der Waals surface area contributed by atoms with Gasteiger partial charge in [0.05, 0.1) is 16.8 Å². The molecule has 0 amide bonds. The molecule has 1 heterocycles. The Kier molecular flexibility index (Phi) is 4.13. The number of aromatic nitrogens is 2. The van der Waals surface area contributed by atoms with E-state index in [1.165, 1.54) is 5.56 Å². The lowest BCUT2D eigenvalue weighted by Gasteiger charge is -2.20. The van der Waals surface area contributed by atoms with Crippen molar-refractivity contribution in [2.75, 3.05) is 0 Å². The molecule has 1 aromatic carbocycles. The Morgan fingerprint density at radius 2 is 1.71 bits per heavy atom. The van der Waals surface area contributed by atoms with Gasteiger partial charge in [0, 0.05) is 0 Å². The molecule has 0 fully saturated rings. The van der Waals surface area contributed by atoms with E-state index in [-0.39, 0.29) is 11.4 Å². The maximum atomic E-state index is 10.7. The van der Waals surface area contributed by atoms with Crippen LogP contribution in [0.15, 0.2) is 24.3 Å². The van der Waals surface area contributed by atoms with Gasteiger partial charge < -0.3 is 5.11 Å². The van der Waals surface area contributed by atoms with Gasteiger partial charge in [-0.1, -0.05) is 43.7 Å². The summed E-state index contributed by atoms with van der Waals surface area (Å²) in [7, 11) is 0. The van der Waals surface area contributed by atoms with Crippen molar-refractivity contribution >= 4 is 0 Å². The lowest BCUT2D eigenvalue weighted by Crippen LogP contribution is -2.22. The molecule has 0 radical (unpaired) electrons. The van der Waals surface area contributed by atoms with E-state index in [1.807, 2.05) is 0 Å². The van der Waals surface area contributed by atoms with Crippen molar-refractivity contribution in [2.45, 2.75) is 53.5 Å². The van der Waals surface area contributed by atoms with Crippen LogP contribution in [0.5, 0.6) is 5.88 Å². The Morgan fingerprint density at radius 1 is 1.14 bits per heavy atom. The summed E-state index contributed by atoms with van der Waals surface area (Å²) in [4.78, 5) is 0. The zero-order chi connectivity index (χ0) is 15.8. The number of aromatic hydroxyl groups is 1.